The number of hydrogen-bond acceptors (Lipinski definition) is 5. The second kappa shape index (κ2) is 5.60. The average molecular weight is 294 g/mol. The zero-order chi connectivity index (χ0) is 12.1. The van der Waals surface area contributed by atoms with E-state index in [-0.39, 0.29) is 0 Å². The second-order valence-corrected chi connectivity index (χ2v) is 4.33. The van der Waals surface area contributed by atoms with Crippen LogP contribution >= 0.6 is 15.9 Å². The van der Waals surface area contributed by atoms with Crippen LogP contribution in [0.25, 0.3) is 0 Å². The van der Waals surface area contributed by atoms with Gasteiger partial charge >= 0.3 is 0 Å². The molecule has 1 heterocycles. The fourth-order valence-electron chi connectivity index (χ4n) is 1.37. The van der Waals surface area contributed by atoms with Gasteiger partial charge in [-0.2, -0.15) is 0 Å². The maximum Gasteiger partial charge on any atom is 0.145 e. The van der Waals surface area contributed by atoms with E-state index < -0.39 is 0 Å². The number of hydrogen-bond donors (Lipinski definition) is 3. The first-order valence-corrected chi connectivity index (χ1v) is 5.84. The van der Waals surface area contributed by atoms with Crippen LogP contribution in [0.3, 0.4) is 0 Å². The Morgan fingerprint density at radius 1 is 1.18 bits per heavy atom. The first-order chi connectivity index (χ1) is 8.28. The molecule has 1 aromatic heterocycles. The monoisotopic (exact) mass is 293 g/mol. The third-order valence-corrected chi connectivity index (χ3v) is 2.67. The summed E-state index contributed by atoms with van der Waals surface area (Å²) in [5.74, 6) is 6.58. The molecule has 0 radical (unpaired) electrons. The molecule has 0 amide bonds. The van der Waals surface area contributed by atoms with Crippen LogP contribution in [-0.4, -0.2) is 9.97 Å². The van der Waals surface area contributed by atoms with Crippen LogP contribution in [0.2, 0.25) is 0 Å². The van der Waals surface area contributed by atoms with E-state index >= 15 is 0 Å². The van der Waals surface area contributed by atoms with Crippen molar-refractivity contribution in [3.8, 4) is 0 Å². The smallest absolute Gasteiger partial charge is 0.145 e. The summed E-state index contributed by atoms with van der Waals surface area (Å²) in [5, 5.41) is 3.20. The summed E-state index contributed by atoms with van der Waals surface area (Å²) < 4.78 is 1.06. The van der Waals surface area contributed by atoms with Gasteiger partial charge in [-0.3, -0.25) is 0 Å². The Bertz CT molecular complexity index is 503. The number of rotatable bonds is 4. The van der Waals surface area contributed by atoms with Crippen molar-refractivity contribution in [3.05, 3.63) is 46.7 Å². The van der Waals surface area contributed by atoms with E-state index in [0.717, 1.165) is 10.3 Å². The predicted molar refractivity (Wildman–Crippen MR) is 71.3 cm³/mol. The minimum absolute atomic E-state index is 0.580. The number of hydrazine groups is 1. The second-order valence-electron chi connectivity index (χ2n) is 3.42. The highest BCUT2D eigenvalue weighted by Crippen LogP contribution is 2.13. The summed E-state index contributed by atoms with van der Waals surface area (Å²) in [7, 11) is 0. The van der Waals surface area contributed by atoms with E-state index in [4.69, 9.17) is 5.84 Å². The van der Waals surface area contributed by atoms with Gasteiger partial charge in [-0.15, -0.1) is 0 Å². The standard InChI is InChI=1S/C11H12BrN5/c12-9-3-1-2-8(4-9)6-14-10-5-11(17-13)16-7-15-10/h1-5,7H,6,13H2,(H2,14,15,16,17). The van der Waals surface area contributed by atoms with Crippen LogP contribution < -0.4 is 16.6 Å². The topological polar surface area (TPSA) is 75.9 Å². The predicted octanol–water partition coefficient (Wildman–Crippen LogP) is 2.14. The normalized spacial score (nSPS) is 10.0. The molecular formula is C11H12BrN5. The van der Waals surface area contributed by atoms with Crippen molar-refractivity contribution in [2.45, 2.75) is 6.54 Å². The Kier molecular flexibility index (Phi) is 3.89. The zero-order valence-electron chi connectivity index (χ0n) is 9.02. The lowest BCUT2D eigenvalue weighted by molar-refractivity contribution is 1.07. The SMILES string of the molecule is NNc1cc(NCc2cccc(Br)c2)ncn1. The van der Waals surface area contributed by atoms with Crippen molar-refractivity contribution in [1.82, 2.24) is 9.97 Å². The van der Waals surface area contributed by atoms with Gasteiger partial charge in [-0.05, 0) is 17.7 Å². The van der Waals surface area contributed by atoms with E-state index in [1.165, 1.54) is 11.9 Å². The highest BCUT2D eigenvalue weighted by atomic mass is 79.9. The number of benzene rings is 1. The molecule has 2 aromatic rings. The molecule has 0 aliphatic rings. The van der Waals surface area contributed by atoms with E-state index in [2.05, 4.69) is 42.7 Å². The molecule has 0 saturated carbocycles. The molecular weight excluding hydrogens is 282 g/mol. The lowest BCUT2D eigenvalue weighted by Gasteiger charge is -2.07. The Hall–Kier alpha value is -1.66. The van der Waals surface area contributed by atoms with Crippen molar-refractivity contribution in [2.24, 2.45) is 5.84 Å². The number of nitrogens with one attached hydrogen (secondary N) is 2. The van der Waals surface area contributed by atoms with Crippen LogP contribution in [0.1, 0.15) is 5.56 Å². The largest absolute Gasteiger partial charge is 0.366 e. The molecule has 17 heavy (non-hydrogen) atoms. The van der Waals surface area contributed by atoms with E-state index in [1.807, 2.05) is 18.2 Å². The number of anilines is 2. The maximum atomic E-state index is 5.27. The van der Waals surface area contributed by atoms with Gasteiger partial charge in [0.2, 0.25) is 0 Å². The summed E-state index contributed by atoms with van der Waals surface area (Å²) in [6, 6.07) is 9.83. The van der Waals surface area contributed by atoms with Gasteiger partial charge in [0.15, 0.2) is 0 Å². The van der Waals surface area contributed by atoms with Gasteiger partial charge in [0, 0.05) is 17.1 Å². The van der Waals surface area contributed by atoms with Crippen molar-refractivity contribution in [3.63, 3.8) is 0 Å². The average Bonchev–Trinajstić information content (AvgIpc) is 2.37. The molecule has 2 rings (SSSR count). The molecule has 0 bridgehead atoms. The minimum atomic E-state index is 0.580. The van der Waals surface area contributed by atoms with Gasteiger partial charge < -0.3 is 10.7 Å². The van der Waals surface area contributed by atoms with Crippen molar-refractivity contribution in [1.29, 1.82) is 0 Å². The molecule has 0 aliphatic carbocycles. The Morgan fingerprint density at radius 2 is 2.00 bits per heavy atom. The first-order valence-electron chi connectivity index (χ1n) is 5.05. The van der Waals surface area contributed by atoms with E-state index in [0.29, 0.717) is 12.4 Å². The third-order valence-electron chi connectivity index (χ3n) is 2.18. The summed E-state index contributed by atoms with van der Waals surface area (Å²) >= 11 is 3.43. The number of halogens is 1. The zero-order valence-corrected chi connectivity index (χ0v) is 10.6. The molecule has 0 atom stereocenters. The summed E-state index contributed by atoms with van der Waals surface area (Å²) in [4.78, 5) is 8.03. The lowest BCUT2D eigenvalue weighted by Crippen LogP contribution is -2.09. The number of nitrogens with zero attached hydrogens (tertiary/aromatic N) is 2. The van der Waals surface area contributed by atoms with Gasteiger partial charge in [0.25, 0.3) is 0 Å². The molecule has 0 fully saturated rings. The van der Waals surface area contributed by atoms with Crippen LogP contribution in [0, 0.1) is 0 Å². The quantitative estimate of drug-likeness (QED) is 0.595. The fourth-order valence-corrected chi connectivity index (χ4v) is 1.82. The molecule has 0 saturated heterocycles. The third kappa shape index (κ3) is 3.40. The molecule has 0 aliphatic heterocycles. The van der Waals surface area contributed by atoms with Crippen molar-refractivity contribution >= 4 is 27.6 Å². The molecule has 6 heteroatoms. The van der Waals surface area contributed by atoms with Gasteiger partial charge in [-0.25, -0.2) is 15.8 Å². The molecule has 5 nitrogen and oxygen atoms in total. The lowest BCUT2D eigenvalue weighted by atomic mass is 10.2. The highest BCUT2D eigenvalue weighted by Gasteiger charge is 1.98. The number of nitrogen functional groups attached to an aromatic ring is 1. The number of aromatic nitrogens is 2. The summed E-state index contributed by atoms with van der Waals surface area (Å²) in [6.45, 7) is 0.695. The van der Waals surface area contributed by atoms with Crippen LogP contribution in [0.5, 0.6) is 0 Å². The molecule has 1 aromatic carbocycles. The van der Waals surface area contributed by atoms with Crippen LogP contribution in [0.15, 0.2) is 41.1 Å². The number of nitrogens with two attached hydrogens (primary N) is 1. The molecule has 88 valence electrons. The van der Waals surface area contributed by atoms with Crippen LogP contribution in [0.4, 0.5) is 11.6 Å². The minimum Gasteiger partial charge on any atom is -0.366 e. The highest BCUT2D eigenvalue weighted by molar-refractivity contribution is 9.10. The summed E-state index contributed by atoms with van der Waals surface area (Å²) in [6.07, 6.45) is 1.46. The first kappa shape index (κ1) is 11.8. The maximum absolute atomic E-state index is 5.27. The Labute approximate surface area is 108 Å². The van der Waals surface area contributed by atoms with Gasteiger partial charge in [-0.1, -0.05) is 28.1 Å². The Balaban J connectivity index is 2.02. The van der Waals surface area contributed by atoms with E-state index in [9.17, 15) is 0 Å². The van der Waals surface area contributed by atoms with Gasteiger partial charge in [0.05, 0.1) is 0 Å². The van der Waals surface area contributed by atoms with Crippen molar-refractivity contribution < 1.29 is 0 Å². The van der Waals surface area contributed by atoms with E-state index in [1.54, 1.807) is 6.07 Å². The molecule has 4 N–H and O–H groups in total. The fraction of sp³-hybridized carbons (Fsp3) is 0.0909. The Morgan fingerprint density at radius 3 is 2.76 bits per heavy atom. The van der Waals surface area contributed by atoms with Gasteiger partial charge in [0.1, 0.15) is 18.0 Å². The summed E-state index contributed by atoms with van der Waals surface area (Å²) in [5.41, 5.74) is 3.64. The van der Waals surface area contributed by atoms with Crippen LogP contribution in [-0.2, 0) is 6.54 Å². The molecule has 0 unspecified atom stereocenters. The molecule has 0 spiro atoms. The van der Waals surface area contributed by atoms with Crippen molar-refractivity contribution in [2.75, 3.05) is 10.7 Å².